The predicted molar refractivity (Wildman–Crippen MR) is 84.5 cm³/mol. The van der Waals surface area contributed by atoms with E-state index in [1.165, 1.54) is 12.1 Å². The minimum atomic E-state index is -4.63. The van der Waals surface area contributed by atoms with Crippen molar-refractivity contribution >= 4 is 9.84 Å². The van der Waals surface area contributed by atoms with E-state index in [1.807, 2.05) is 6.92 Å². The van der Waals surface area contributed by atoms with Crippen molar-refractivity contribution in [3.05, 3.63) is 30.1 Å². The molecule has 0 aliphatic rings. The number of sulfone groups is 1. The molecule has 10 heteroatoms. The SMILES string of the molecule is CCCCCOc1cc(C(F)(F)F)nn1-c1ccc(S(C)(=O)=O)cn1. The Bertz CT molecular complexity index is 815. The van der Waals surface area contributed by atoms with Gasteiger partial charge >= 0.3 is 6.18 Å². The van der Waals surface area contributed by atoms with Gasteiger partial charge in [0, 0.05) is 18.5 Å². The molecule has 2 aromatic heterocycles. The van der Waals surface area contributed by atoms with Gasteiger partial charge in [-0.25, -0.2) is 13.4 Å². The number of pyridine rings is 1. The molecule has 2 heterocycles. The Balaban J connectivity index is 2.35. The van der Waals surface area contributed by atoms with E-state index in [0.717, 1.165) is 36.0 Å². The Morgan fingerprint density at radius 1 is 1.24 bits per heavy atom. The number of unbranched alkanes of at least 4 members (excludes halogenated alkanes) is 2. The van der Waals surface area contributed by atoms with E-state index < -0.39 is 21.7 Å². The van der Waals surface area contributed by atoms with Crippen molar-refractivity contribution < 1.29 is 26.3 Å². The molecule has 0 amide bonds. The Morgan fingerprint density at radius 2 is 1.96 bits per heavy atom. The summed E-state index contributed by atoms with van der Waals surface area (Å²) >= 11 is 0. The first-order valence-electron chi connectivity index (χ1n) is 7.59. The van der Waals surface area contributed by atoms with E-state index in [0.29, 0.717) is 6.42 Å². The highest BCUT2D eigenvalue weighted by atomic mass is 32.2. The summed E-state index contributed by atoms with van der Waals surface area (Å²) in [6, 6.07) is 3.34. The molecule has 0 aliphatic heterocycles. The topological polar surface area (TPSA) is 74.1 Å². The van der Waals surface area contributed by atoms with Crippen LogP contribution in [0.1, 0.15) is 31.9 Å². The van der Waals surface area contributed by atoms with Crippen LogP contribution in [0.2, 0.25) is 0 Å². The third kappa shape index (κ3) is 4.94. The van der Waals surface area contributed by atoms with Crippen molar-refractivity contribution in [1.82, 2.24) is 14.8 Å². The van der Waals surface area contributed by atoms with E-state index in [2.05, 4.69) is 10.1 Å². The van der Waals surface area contributed by atoms with Crippen LogP contribution in [0.3, 0.4) is 0 Å². The monoisotopic (exact) mass is 377 g/mol. The van der Waals surface area contributed by atoms with Gasteiger partial charge in [0.25, 0.3) is 0 Å². The number of aromatic nitrogens is 3. The van der Waals surface area contributed by atoms with Crippen LogP contribution in [-0.2, 0) is 16.0 Å². The second kappa shape index (κ2) is 7.42. The average molecular weight is 377 g/mol. The van der Waals surface area contributed by atoms with E-state index >= 15 is 0 Å². The van der Waals surface area contributed by atoms with Crippen LogP contribution in [0.5, 0.6) is 5.88 Å². The fourth-order valence-corrected chi connectivity index (χ4v) is 2.57. The van der Waals surface area contributed by atoms with Crippen molar-refractivity contribution in [1.29, 1.82) is 0 Å². The van der Waals surface area contributed by atoms with E-state index in [4.69, 9.17) is 4.74 Å². The molecule has 0 atom stereocenters. The van der Waals surface area contributed by atoms with Crippen molar-refractivity contribution in [2.24, 2.45) is 0 Å². The number of nitrogens with zero attached hydrogens (tertiary/aromatic N) is 3. The summed E-state index contributed by atoms with van der Waals surface area (Å²) in [5, 5.41) is 3.50. The first-order valence-corrected chi connectivity index (χ1v) is 9.48. The highest BCUT2D eigenvalue weighted by Gasteiger charge is 2.35. The van der Waals surface area contributed by atoms with Crippen LogP contribution < -0.4 is 4.74 Å². The smallest absolute Gasteiger partial charge is 0.435 e. The van der Waals surface area contributed by atoms with Gasteiger partial charge in [-0.2, -0.15) is 23.0 Å². The predicted octanol–water partition coefficient (Wildman–Crippen LogP) is 3.26. The van der Waals surface area contributed by atoms with Crippen molar-refractivity contribution in [2.75, 3.05) is 12.9 Å². The summed E-state index contributed by atoms with van der Waals surface area (Å²) in [5.41, 5.74) is -1.10. The normalized spacial score (nSPS) is 12.4. The van der Waals surface area contributed by atoms with Crippen LogP contribution in [0.4, 0.5) is 13.2 Å². The maximum Gasteiger partial charge on any atom is 0.435 e. The number of alkyl halides is 3. The molecule has 0 unspecified atom stereocenters. The summed E-state index contributed by atoms with van der Waals surface area (Å²) in [4.78, 5) is 3.85. The number of halogens is 3. The largest absolute Gasteiger partial charge is 0.478 e. The molecular weight excluding hydrogens is 359 g/mol. The second-order valence-corrected chi connectivity index (χ2v) is 7.47. The Kier molecular flexibility index (Phi) is 5.71. The lowest BCUT2D eigenvalue weighted by Gasteiger charge is -2.08. The molecule has 25 heavy (non-hydrogen) atoms. The molecule has 0 saturated carbocycles. The minimum Gasteiger partial charge on any atom is -0.478 e. The Morgan fingerprint density at radius 3 is 2.48 bits per heavy atom. The zero-order chi connectivity index (χ0) is 18.7. The van der Waals surface area contributed by atoms with Crippen LogP contribution in [0, 0.1) is 0 Å². The first kappa shape index (κ1) is 19.2. The van der Waals surface area contributed by atoms with E-state index in [1.54, 1.807) is 0 Å². The molecule has 6 nitrogen and oxygen atoms in total. The summed E-state index contributed by atoms with van der Waals surface area (Å²) in [6.07, 6.45) is -0.00243. The van der Waals surface area contributed by atoms with Gasteiger partial charge in [-0.1, -0.05) is 19.8 Å². The highest BCUT2D eigenvalue weighted by molar-refractivity contribution is 7.90. The number of hydrogen-bond acceptors (Lipinski definition) is 5. The summed E-state index contributed by atoms with van der Waals surface area (Å²) in [7, 11) is -3.45. The van der Waals surface area contributed by atoms with E-state index in [-0.39, 0.29) is 23.2 Å². The van der Waals surface area contributed by atoms with Gasteiger partial charge < -0.3 is 4.74 Å². The molecule has 0 fully saturated rings. The Labute approximate surface area is 143 Å². The highest BCUT2D eigenvalue weighted by Crippen LogP contribution is 2.32. The van der Waals surface area contributed by atoms with Gasteiger partial charge in [0.2, 0.25) is 5.88 Å². The third-order valence-corrected chi connectivity index (χ3v) is 4.43. The van der Waals surface area contributed by atoms with Crippen molar-refractivity contribution in [3.63, 3.8) is 0 Å². The first-order chi connectivity index (χ1) is 11.6. The van der Waals surface area contributed by atoms with Gasteiger partial charge in [-0.15, -0.1) is 0 Å². The number of ether oxygens (including phenoxy) is 1. The van der Waals surface area contributed by atoms with Crippen LogP contribution in [0.25, 0.3) is 5.82 Å². The zero-order valence-electron chi connectivity index (χ0n) is 13.7. The third-order valence-electron chi connectivity index (χ3n) is 3.33. The number of hydrogen-bond donors (Lipinski definition) is 0. The van der Waals surface area contributed by atoms with Crippen LogP contribution in [-0.4, -0.2) is 36.0 Å². The minimum absolute atomic E-state index is 0.0355. The van der Waals surface area contributed by atoms with Gasteiger partial charge in [0.1, 0.15) is 0 Å². The molecule has 2 aromatic rings. The molecule has 0 N–H and O–H groups in total. The molecule has 2 rings (SSSR count). The molecule has 0 aliphatic carbocycles. The lowest BCUT2D eigenvalue weighted by Crippen LogP contribution is -2.09. The fourth-order valence-electron chi connectivity index (χ4n) is 2.02. The fraction of sp³-hybridized carbons (Fsp3) is 0.467. The molecule has 0 radical (unpaired) electrons. The Hall–Kier alpha value is -2.10. The second-order valence-electron chi connectivity index (χ2n) is 5.46. The summed E-state index contributed by atoms with van der Waals surface area (Å²) in [6.45, 7) is 2.25. The number of rotatable bonds is 7. The van der Waals surface area contributed by atoms with Crippen LogP contribution >= 0.6 is 0 Å². The summed E-state index contributed by atoms with van der Waals surface area (Å²) < 4.78 is 68.0. The van der Waals surface area contributed by atoms with E-state index in [9.17, 15) is 21.6 Å². The molecule has 138 valence electrons. The average Bonchev–Trinajstić information content (AvgIpc) is 2.95. The quantitative estimate of drug-likeness (QED) is 0.693. The maximum absolute atomic E-state index is 12.9. The molecular formula is C15H18F3N3O3S. The lowest BCUT2D eigenvalue weighted by molar-refractivity contribution is -0.141. The standard InChI is InChI=1S/C15H18F3N3O3S/c1-3-4-5-8-24-14-9-12(15(16,17)18)20-21(14)13-7-6-11(10-19-13)25(2,22)23/h6-7,9-10H,3-5,8H2,1-2H3. The maximum atomic E-state index is 12.9. The van der Waals surface area contributed by atoms with Crippen LogP contribution in [0.15, 0.2) is 29.3 Å². The van der Waals surface area contributed by atoms with Gasteiger partial charge in [0.05, 0.1) is 11.5 Å². The van der Waals surface area contributed by atoms with Gasteiger partial charge in [-0.3, -0.25) is 0 Å². The summed E-state index contributed by atoms with van der Waals surface area (Å²) in [5.74, 6) is -0.0589. The molecule has 0 saturated heterocycles. The zero-order valence-corrected chi connectivity index (χ0v) is 14.6. The van der Waals surface area contributed by atoms with Gasteiger partial charge in [0.15, 0.2) is 21.3 Å². The molecule has 0 aromatic carbocycles. The van der Waals surface area contributed by atoms with Crippen molar-refractivity contribution in [3.8, 4) is 11.7 Å². The van der Waals surface area contributed by atoms with Crippen molar-refractivity contribution in [2.45, 2.75) is 37.3 Å². The molecule has 0 bridgehead atoms. The molecule has 0 spiro atoms. The lowest BCUT2D eigenvalue weighted by atomic mass is 10.3. The van der Waals surface area contributed by atoms with Gasteiger partial charge in [-0.05, 0) is 18.6 Å².